The lowest BCUT2D eigenvalue weighted by Gasteiger charge is -2.18. The van der Waals surface area contributed by atoms with Crippen LogP contribution in [-0.4, -0.2) is 35.0 Å². The number of nitrogens with zero attached hydrogens (tertiary/aromatic N) is 1. The molecule has 0 spiro atoms. The molecule has 1 aliphatic heterocycles. The third kappa shape index (κ3) is 3.04. The van der Waals surface area contributed by atoms with Gasteiger partial charge in [-0.05, 0) is 37.1 Å². The number of carboxylic acids is 1. The molecule has 1 fully saturated rings. The van der Waals surface area contributed by atoms with E-state index in [9.17, 15) is 14.0 Å². The summed E-state index contributed by atoms with van der Waals surface area (Å²) in [5.41, 5.74) is -0.277. The Morgan fingerprint density at radius 1 is 1.45 bits per heavy atom. The van der Waals surface area contributed by atoms with Crippen molar-refractivity contribution in [2.45, 2.75) is 13.3 Å². The van der Waals surface area contributed by atoms with E-state index in [2.05, 4.69) is 0 Å². The van der Waals surface area contributed by atoms with Gasteiger partial charge in [0.05, 0.1) is 5.41 Å². The Balaban J connectivity index is 2.01. The van der Waals surface area contributed by atoms with Gasteiger partial charge < -0.3 is 10.0 Å². The van der Waals surface area contributed by atoms with E-state index < -0.39 is 11.4 Å². The third-order valence-electron chi connectivity index (χ3n) is 3.57. The van der Waals surface area contributed by atoms with Gasteiger partial charge in [-0.2, -0.15) is 0 Å². The Morgan fingerprint density at radius 2 is 2.20 bits per heavy atom. The first-order chi connectivity index (χ1) is 9.40. The first-order valence-electron chi connectivity index (χ1n) is 6.37. The number of hydrogen-bond acceptors (Lipinski definition) is 2. The molecule has 1 unspecified atom stereocenters. The quantitative estimate of drug-likeness (QED) is 0.861. The molecule has 4 nitrogen and oxygen atoms in total. The normalized spacial score (nSPS) is 22.4. The van der Waals surface area contributed by atoms with E-state index in [1.54, 1.807) is 19.1 Å². The highest BCUT2D eigenvalue weighted by Gasteiger charge is 2.41. The summed E-state index contributed by atoms with van der Waals surface area (Å²) in [6.07, 6.45) is 3.33. The second kappa shape index (κ2) is 5.45. The highest BCUT2D eigenvalue weighted by molar-refractivity contribution is 5.92. The van der Waals surface area contributed by atoms with Crippen molar-refractivity contribution in [2.75, 3.05) is 13.1 Å². The van der Waals surface area contributed by atoms with Gasteiger partial charge in [-0.15, -0.1) is 0 Å². The molecule has 1 atom stereocenters. The summed E-state index contributed by atoms with van der Waals surface area (Å²) in [6.45, 7) is 2.27. The maximum atomic E-state index is 13.0. The molecule has 5 heteroatoms. The van der Waals surface area contributed by atoms with Crippen LogP contribution in [0.4, 0.5) is 4.39 Å². The minimum absolute atomic E-state index is 0.203. The zero-order valence-corrected chi connectivity index (χ0v) is 11.2. The summed E-state index contributed by atoms with van der Waals surface area (Å²) in [5, 5.41) is 9.11. The smallest absolute Gasteiger partial charge is 0.311 e. The summed E-state index contributed by atoms with van der Waals surface area (Å²) in [6, 6.07) is 5.92. The zero-order valence-electron chi connectivity index (χ0n) is 11.2. The Labute approximate surface area is 116 Å². The lowest BCUT2D eigenvalue weighted by atomic mass is 9.90. The van der Waals surface area contributed by atoms with Gasteiger partial charge in [0.15, 0.2) is 0 Å². The predicted octanol–water partition coefficient (Wildman–Crippen LogP) is 2.16. The van der Waals surface area contributed by atoms with E-state index in [-0.39, 0.29) is 18.3 Å². The van der Waals surface area contributed by atoms with Crippen molar-refractivity contribution in [3.05, 3.63) is 41.7 Å². The number of halogens is 1. The summed E-state index contributed by atoms with van der Waals surface area (Å²) < 4.78 is 13.0. The van der Waals surface area contributed by atoms with E-state index in [1.165, 1.54) is 29.2 Å². The maximum absolute atomic E-state index is 13.0. The van der Waals surface area contributed by atoms with Gasteiger partial charge in [-0.3, -0.25) is 9.59 Å². The minimum Gasteiger partial charge on any atom is -0.481 e. The average molecular weight is 277 g/mol. The molecule has 20 heavy (non-hydrogen) atoms. The van der Waals surface area contributed by atoms with Gasteiger partial charge in [-0.1, -0.05) is 12.1 Å². The molecule has 1 heterocycles. The van der Waals surface area contributed by atoms with E-state index in [0.29, 0.717) is 18.5 Å². The van der Waals surface area contributed by atoms with Crippen molar-refractivity contribution in [1.82, 2.24) is 4.90 Å². The molecule has 0 bridgehead atoms. The highest BCUT2D eigenvalue weighted by Crippen LogP contribution is 2.30. The summed E-state index contributed by atoms with van der Waals surface area (Å²) in [5.74, 6) is -1.50. The monoisotopic (exact) mass is 277 g/mol. The number of carbonyl (C=O) groups excluding carboxylic acids is 1. The molecular weight excluding hydrogens is 261 g/mol. The molecule has 0 aromatic heterocycles. The molecule has 0 saturated carbocycles. The molecule has 1 aliphatic rings. The van der Waals surface area contributed by atoms with Crippen LogP contribution in [0.25, 0.3) is 6.08 Å². The highest BCUT2D eigenvalue weighted by atomic mass is 19.1. The second-order valence-corrected chi connectivity index (χ2v) is 5.26. The van der Waals surface area contributed by atoms with Crippen molar-refractivity contribution in [3.63, 3.8) is 0 Å². The predicted molar refractivity (Wildman–Crippen MR) is 72.4 cm³/mol. The molecule has 1 aromatic rings. The van der Waals surface area contributed by atoms with Crippen LogP contribution in [0.5, 0.6) is 0 Å². The van der Waals surface area contributed by atoms with Crippen molar-refractivity contribution >= 4 is 18.0 Å². The molecule has 1 N–H and O–H groups in total. The van der Waals surface area contributed by atoms with Gasteiger partial charge in [0.2, 0.25) is 5.91 Å². The molecule has 0 radical (unpaired) electrons. The molecule has 1 amide bonds. The minimum atomic E-state index is -0.887. The van der Waals surface area contributed by atoms with Crippen LogP contribution in [0.15, 0.2) is 30.3 Å². The number of carboxylic acid groups (broad SMARTS) is 1. The molecular formula is C15H16FNO3. The second-order valence-electron chi connectivity index (χ2n) is 5.26. The first-order valence-corrected chi connectivity index (χ1v) is 6.37. The van der Waals surface area contributed by atoms with Gasteiger partial charge in [-0.25, -0.2) is 4.39 Å². The molecule has 0 aliphatic carbocycles. The van der Waals surface area contributed by atoms with Crippen LogP contribution < -0.4 is 0 Å². The number of rotatable bonds is 3. The fourth-order valence-corrected chi connectivity index (χ4v) is 2.21. The van der Waals surface area contributed by atoms with Gasteiger partial charge in [0.25, 0.3) is 0 Å². The summed E-state index contributed by atoms with van der Waals surface area (Å²) >= 11 is 0. The third-order valence-corrected chi connectivity index (χ3v) is 3.57. The van der Waals surface area contributed by atoms with Crippen LogP contribution in [0.3, 0.4) is 0 Å². The van der Waals surface area contributed by atoms with Gasteiger partial charge in [0, 0.05) is 19.2 Å². The van der Waals surface area contributed by atoms with Crippen LogP contribution in [0, 0.1) is 11.2 Å². The van der Waals surface area contributed by atoms with Crippen molar-refractivity contribution in [3.8, 4) is 0 Å². The Morgan fingerprint density at radius 3 is 2.80 bits per heavy atom. The van der Waals surface area contributed by atoms with E-state index in [0.717, 1.165) is 0 Å². The summed E-state index contributed by atoms with van der Waals surface area (Å²) in [4.78, 5) is 24.6. The number of hydrogen-bond donors (Lipinski definition) is 1. The largest absolute Gasteiger partial charge is 0.481 e. The van der Waals surface area contributed by atoms with Crippen molar-refractivity contribution in [1.29, 1.82) is 0 Å². The van der Waals surface area contributed by atoms with E-state index in [4.69, 9.17) is 5.11 Å². The van der Waals surface area contributed by atoms with Crippen molar-refractivity contribution < 1.29 is 19.1 Å². The topological polar surface area (TPSA) is 57.6 Å². The average Bonchev–Trinajstić information content (AvgIpc) is 2.80. The SMILES string of the molecule is CC1(C(=O)O)CCN(C(=O)C=Cc2cccc(F)c2)C1. The lowest BCUT2D eigenvalue weighted by Crippen LogP contribution is -2.34. The van der Waals surface area contributed by atoms with Crippen LogP contribution in [-0.2, 0) is 9.59 Å². The molecule has 2 rings (SSSR count). The number of benzene rings is 1. The fraction of sp³-hybridized carbons (Fsp3) is 0.333. The Hall–Kier alpha value is -2.17. The number of likely N-dealkylation sites (tertiary alicyclic amines) is 1. The molecule has 1 saturated heterocycles. The number of carbonyl (C=O) groups is 2. The lowest BCUT2D eigenvalue weighted by molar-refractivity contribution is -0.147. The standard InChI is InChI=1S/C15H16FNO3/c1-15(14(19)20)7-8-17(10-15)13(18)6-5-11-3-2-4-12(16)9-11/h2-6,9H,7-8,10H2,1H3,(H,19,20). The Kier molecular flexibility index (Phi) is 3.88. The van der Waals surface area contributed by atoms with Crippen LogP contribution in [0.1, 0.15) is 18.9 Å². The summed E-state index contributed by atoms with van der Waals surface area (Å²) in [7, 11) is 0. The van der Waals surface area contributed by atoms with Crippen LogP contribution in [0.2, 0.25) is 0 Å². The molecule has 1 aromatic carbocycles. The van der Waals surface area contributed by atoms with Crippen LogP contribution >= 0.6 is 0 Å². The van der Waals surface area contributed by atoms with Gasteiger partial charge >= 0.3 is 5.97 Å². The first kappa shape index (κ1) is 14.2. The van der Waals surface area contributed by atoms with Crippen molar-refractivity contribution in [2.24, 2.45) is 5.41 Å². The number of aliphatic carboxylic acids is 1. The molecule has 106 valence electrons. The van der Waals surface area contributed by atoms with Gasteiger partial charge in [0.1, 0.15) is 5.82 Å². The number of amides is 1. The zero-order chi connectivity index (χ0) is 14.8. The van der Waals surface area contributed by atoms with E-state index >= 15 is 0 Å². The fourth-order valence-electron chi connectivity index (χ4n) is 2.21. The van der Waals surface area contributed by atoms with E-state index in [1.807, 2.05) is 0 Å². The maximum Gasteiger partial charge on any atom is 0.311 e. The Bertz CT molecular complexity index is 570.